The maximum absolute atomic E-state index is 12.7. The Kier molecular flexibility index (Phi) is 9.42. The number of carbonyl (C=O) groups excluding carboxylic acids is 1. The molecule has 1 amide bonds. The predicted octanol–water partition coefficient (Wildman–Crippen LogP) is 2.29. The molecule has 0 aliphatic carbocycles. The lowest BCUT2D eigenvalue weighted by atomic mass is 10.1. The number of guanidine groups is 1. The Morgan fingerprint density at radius 1 is 1.29 bits per heavy atom. The quantitative estimate of drug-likeness (QED) is 0.310. The summed E-state index contributed by atoms with van der Waals surface area (Å²) >= 11 is 0. The number of phenols is 1. The Bertz CT molecular complexity index is 742. The monoisotopic (exact) mass is 443 g/mol. The fraction of sp³-hybridized carbons (Fsp3) is 0.619. The second kappa shape index (κ2) is 11.8. The van der Waals surface area contributed by atoms with Gasteiger partial charge in [0.05, 0.1) is 18.7 Å². The summed E-state index contributed by atoms with van der Waals surface area (Å²) in [4.78, 5) is 20.2. The zero-order chi connectivity index (χ0) is 22.9. The minimum absolute atomic E-state index is 0.0772. The molecule has 1 aromatic rings. The van der Waals surface area contributed by atoms with Gasteiger partial charge in [-0.15, -0.1) is 0 Å². The van der Waals surface area contributed by atoms with Gasteiger partial charge >= 0.3 is 6.18 Å². The summed E-state index contributed by atoms with van der Waals surface area (Å²) in [7, 11) is 0. The first-order valence-corrected chi connectivity index (χ1v) is 10.6. The molecule has 10 heteroatoms. The number of carbonyl (C=O) groups is 1. The standard InChI is InChI=1S/C21H32F3N5O2/c1-3-25-20(27-11-10-26-19(31)17-7-5-6-8-18(17)30)29-12-9-16(14-29)13-28(4-2)15-21(22,23)24/h5-8,16,30H,3-4,9-15H2,1-2H3,(H,25,27)(H,26,31). The van der Waals surface area contributed by atoms with Crippen molar-refractivity contribution in [3.05, 3.63) is 29.8 Å². The van der Waals surface area contributed by atoms with Crippen LogP contribution >= 0.6 is 0 Å². The molecule has 0 aromatic heterocycles. The second-order valence-corrected chi connectivity index (χ2v) is 7.55. The normalized spacial score (nSPS) is 17.3. The van der Waals surface area contributed by atoms with E-state index in [9.17, 15) is 23.1 Å². The lowest BCUT2D eigenvalue weighted by Gasteiger charge is -2.26. The lowest BCUT2D eigenvalue weighted by molar-refractivity contribution is -0.146. The van der Waals surface area contributed by atoms with E-state index in [0.717, 1.165) is 13.0 Å². The predicted molar refractivity (Wildman–Crippen MR) is 114 cm³/mol. The first-order valence-electron chi connectivity index (χ1n) is 10.6. The van der Waals surface area contributed by atoms with Gasteiger partial charge in [-0.3, -0.25) is 14.7 Å². The molecule has 3 N–H and O–H groups in total. The SMILES string of the molecule is CCNC(=NCCNC(=O)c1ccccc1O)N1CCC(CN(CC)CC(F)(F)F)C1. The molecule has 1 fully saturated rings. The van der Waals surface area contributed by atoms with Crippen molar-refractivity contribution in [3.63, 3.8) is 0 Å². The number of nitrogens with one attached hydrogen (secondary N) is 2. The van der Waals surface area contributed by atoms with Crippen molar-refractivity contribution in [3.8, 4) is 5.75 Å². The molecule has 1 aromatic carbocycles. The summed E-state index contributed by atoms with van der Waals surface area (Å²) in [6.45, 7) is 6.26. The number of likely N-dealkylation sites (tertiary alicyclic amines) is 1. The van der Waals surface area contributed by atoms with Gasteiger partial charge in [-0.1, -0.05) is 19.1 Å². The van der Waals surface area contributed by atoms with E-state index in [2.05, 4.69) is 20.5 Å². The van der Waals surface area contributed by atoms with Crippen LogP contribution < -0.4 is 10.6 Å². The number of phenolic OH excluding ortho intramolecular Hbond substituents is 1. The van der Waals surface area contributed by atoms with Crippen molar-refractivity contribution in [2.75, 3.05) is 52.4 Å². The van der Waals surface area contributed by atoms with Gasteiger partial charge in [0.15, 0.2) is 5.96 Å². The van der Waals surface area contributed by atoms with E-state index in [1.54, 1.807) is 25.1 Å². The van der Waals surface area contributed by atoms with Crippen LogP contribution in [0.5, 0.6) is 5.75 Å². The van der Waals surface area contributed by atoms with Crippen LogP contribution in [0.4, 0.5) is 13.2 Å². The third-order valence-corrected chi connectivity index (χ3v) is 5.09. The smallest absolute Gasteiger partial charge is 0.401 e. The largest absolute Gasteiger partial charge is 0.507 e. The van der Waals surface area contributed by atoms with Crippen molar-refractivity contribution in [1.29, 1.82) is 0 Å². The number of rotatable bonds is 9. The number of benzene rings is 1. The number of amides is 1. The van der Waals surface area contributed by atoms with Gasteiger partial charge < -0.3 is 20.6 Å². The molecule has 0 spiro atoms. The van der Waals surface area contributed by atoms with Crippen molar-refractivity contribution >= 4 is 11.9 Å². The molecular weight excluding hydrogens is 411 g/mol. The van der Waals surface area contributed by atoms with Crippen LogP contribution in [0.2, 0.25) is 0 Å². The minimum Gasteiger partial charge on any atom is -0.507 e. The van der Waals surface area contributed by atoms with E-state index >= 15 is 0 Å². The zero-order valence-electron chi connectivity index (χ0n) is 18.1. The number of hydrogen-bond acceptors (Lipinski definition) is 4. The number of aliphatic imine (C=N–C) groups is 1. The summed E-state index contributed by atoms with van der Waals surface area (Å²) in [5.74, 6) is 0.392. The van der Waals surface area contributed by atoms with Gasteiger partial charge in [0.2, 0.25) is 0 Å². The Hall–Kier alpha value is -2.49. The third kappa shape index (κ3) is 8.28. The average Bonchev–Trinajstić information content (AvgIpc) is 3.17. The number of hydrogen-bond donors (Lipinski definition) is 3. The molecule has 2 rings (SSSR count). The highest BCUT2D eigenvalue weighted by atomic mass is 19.4. The Labute approximate surface area is 181 Å². The van der Waals surface area contributed by atoms with Gasteiger partial charge in [-0.25, -0.2) is 0 Å². The van der Waals surface area contributed by atoms with Gasteiger partial charge in [0.1, 0.15) is 5.75 Å². The Balaban J connectivity index is 1.85. The number of para-hydroxylation sites is 1. The summed E-state index contributed by atoms with van der Waals surface area (Å²) in [6, 6.07) is 6.31. The van der Waals surface area contributed by atoms with E-state index in [0.29, 0.717) is 45.2 Å². The fourth-order valence-electron chi connectivity index (χ4n) is 3.62. The first kappa shape index (κ1) is 24.8. The van der Waals surface area contributed by atoms with Crippen LogP contribution in [0.25, 0.3) is 0 Å². The first-order chi connectivity index (χ1) is 14.7. The average molecular weight is 444 g/mol. The van der Waals surface area contributed by atoms with Gasteiger partial charge in [-0.2, -0.15) is 13.2 Å². The third-order valence-electron chi connectivity index (χ3n) is 5.09. The van der Waals surface area contributed by atoms with E-state index in [-0.39, 0.29) is 23.1 Å². The van der Waals surface area contributed by atoms with Crippen LogP contribution in [-0.2, 0) is 0 Å². The molecule has 1 unspecified atom stereocenters. The van der Waals surface area contributed by atoms with E-state index in [1.807, 2.05) is 6.92 Å². The van der Waals surface area contributed by atoms with Crippen molar-refractivity contribution < 1.29 is 23.1 Å². The van der Waals surface area contributed by atoms with Crippen molar-refractivity contribution in [2.45, 2.75) is 26.4 Å². The fourth-order valence-corrected chi connectivity index (χ4v) is 3.62. The van der Waals surface area contributed by atoms with Crippen LogP contribution in [0.3, 0.4) is 0 Å². The Morgan fingerprint density at radius 2 is 2.03 bits per heavy atom. The highest BCUT2D eigenvalue weighted by Crippen LogP contribution is 2.21. The molecule has 0 bridgehead atoms. The molecule has 1 heterocycles. The summed E-state index contributed by atoms with van der Waals surface area (Å²) in [6.07, 6.45) is -3.38. The van der Waals surface area contributed by atoms with Gasteiger partial charge in [0, 0.05) is 32.7 Å². The molecular formula is C21H32F3N5O2. The molecule has 1 aliphatic rings. The highest BCUT2D eigenvalue weighted by molar-refractivity contribution is 5.96. The van der Waals surface area contributed by atoms with Crippen molar-refractivity contribution in [2.24, 2.45) is 10.9 Å². The van der Waals surface area contributed by atoms with Crippen LogP contribution in [0, 0.1) is 5.92 Å². The van der Waals surface area contributed by atoms with Crippen LogP contribution in [-0.4, -0.2) is 85.3 Å². The number of aromatic hydroxyl groups is 1. The molecule has 1 atom stereocenters. The van der Waals surface area contributed by atoms with Crippen LogP contribution in [0.1, 0.15) is 30.6 Å². The van der Waals surface area contributed by atoms with E-state index < -0.39 is 12.7 Å². The summed E-state index contributed by atoms with van der Waals surface area (Å²) < 4.78 is 38.1. The lowest BCUT2D eigenvalue weighted by Crippen LogP contribution is -2.42. The topological polar surface area (TPSA) is 80.2 Å². The zero-order valence-corrected chi connectivity index (χ0v) is 18.1. The van der Waals surface area contributed by atoms with Gasteiger partial charge in [-0.05, 0) is 37.9 Å². The molecule has 1 aliphatic heterocycles. The highest BCUT2D eigenvalue weighted by Gasteiger charge is 2.33. The molecule has 31 heavy (non-hydrogen) atoms. The molecule has 174 valence electrons. The number of alkyl halides is 3. The molecule has 1 saturated heterocycles. The number of halogens is 3. The molecule has 0 saturated carbocycles. The van der Waals surface area contributed by atoms with E-state index in [4.69, 9.17) is 0 Å². The molecule has 7 nitrogen and oxygen atoms in total. The van der Waals surface area contributed by atoms with Gasteiger partial charge in [0.25, 0.3) is 5.91 Å². The maximum atomic E-state index is 12.7. The maximum Gasteiger partial charge on any atom is 0.401 e. The van der Waals surface area contributed by atoms with Crippen LogP contribution in [0.15, 0.2) is 29.3 Å². The molecule has 0 radical (unpaired) electrons. The van der Waals surface area contributed by atoms with Crippen molar-refractivity contribution in [1.82, 2.24) is 20.4 Å². The van der Waals surface area contributed by atoms with E-state index in [1.165, 1.54) is 11.0 Å². The Morgan fingerprint density at radius 3 is 2.68 bits per heavy atom. The minimum atomic E-state index is -4.19. The summed E-state index contributed by atoms with van der Waals surface area (Å²) in [5.41, 5.74) is 0.208. The second-order valence-electron chi connectivity index (χ2n) is 7.55. The summed E-state index contributed by atoms with van der Waals surface area (Å²) in [5, 5.41) is 15.7. The number of nitrogens with zero attached hydrogens (tertiary/aromatic N) is 3.